The van der Waals surface area contributed by atoms with Crippen LogP contribution in [-0.2, 0) is 7.05 Å². The zero-order valence-electron chi connectivity index (χ0n) is 18.7. The molecule has 176 valence electrons. The third-order valence-electron chi connectivity index (χ3n) is 5.87. The number of hydrogen-bond donors (Lipinski definition) is 2. The molecular formula is C23H28ClN5O4. The van der Waals surface area contributed by atoms with Crippen LogP contribution in [0.4, 0.5) is 10.5 Å². The average Bonchev–Trinajstić information content (AvgIpc) is 3.36. The minimum absolute atomic E-state index is 0.0427. The van der Waals surface area contributed by atoms with Gasteiger partial charge in [0.15, 0.2) is 0 Å². The van der Waals surface area contributed by atoms with Crippen molar-refractivity contribution in [3.8, 4) is 22.9 Å². The van der Waals surface area contributed by atoms with Crippen LogP contribution in [0.15, 0.2) is 35.0 Å². The molecule has 1 atom stereocenters. The number of ether oxygens (including phenoxy) is 2. The number of anilines is 1. The van der Waals surface area contributed by atoms with Crippen molar-refractivity contribution in [2.75, 3.05) is 11.9 Å². The van der Waals surface area contributed by atoms with E-state index in [9.17, 15) is 4.79 Å². The highest BCUT2D eigenvalue weighted by atomic mass is 35.5. The fourth-order valence-corrected chi connectivity index (χ4v) is 4.41. The number of rotatable bonds is 7. The Hall–Kier alpha value is -3.04. The maximum absolute atomic E-state index is 12.3. The first-order valence-electron chi connectivity index (χ1n) is 11.0. The van der Waals surface area contributed by atoms with Crippen LogP contribution in [-0.4, -0.2) is 33.7 Å². The van der Waals surface area contributed by atoms with Crippen LogP contribution in [0.2, 0.25) is 5.02 Å². The van der Waals surface area contributed by atoms with Crippen molar-refractivity contribution in [2.45, 2.75) is 45.1 Å². The monoisotopic (exact) mass is 473 g/mol. The van der Waals surface area contributed by atoms with E-state index < -0.39 is 6.09 Å². The van der Waals surface area contributed by atoms with Gasteiger partial charge < -0.3 is 19.7 Å². The largest absolute Gasteiger partial charge is 0.491 e. The number of carbonyl (C=O) groups is 1. The molecule has 1 saturated carbocycles. The molecule has 0 radical (unpaired) electrons. The van der Waals surface area contributed by atoms with Crippen LogP contribution in [0.5, 0.6) is 11.6 Å². The molecule has 4 rings (SSSR count). The number of amides is 1. The summed E-state index contributed by atoms with van der Waals surface area (Å²) in [6.45, 7) is 2.11. The predicted octanol–water partition coefficient (Wildman–Crippen LogP) is 4.93. The molecule has 0 spiro atoms. The van der Waals surface area contributed by atoms with Gasteiger partial charge in [-0.05, 0) is 49.0 Å². The van der Waals surface area contributed by atoms with Crippen molar-refractivity contribution in [2.24, 2.45) is 18.7 Å². The van der Waals surface area contributed by atoms with Gasteiger partial charge in [0, 0.05) is 30.4 Å². The van der Waals surface area contributed by atoms with E-state index in [-0.39, 0.29) is 11.9 Å². The molecule has 0 aliphatic heterocycles. The normalized spacial score (nSPS) is 15.3. The van der Waals surface area contributed by atoms with E-state index >= 15 is 0 Å². The van der Waals surface area contributed by atoms with E-state index in [0.29, 0.717) is 46.0 Å². The SMILES string of the molecule is Cc1cc(OC(=O)Nc2ccc(OC[C@@H](N)C3CCCCC3)c(-c3c(Cl)cnn3C)c2)no1. The van der Waals surface area contributed by atoms with Gasteiger partial charge in [0.1, 0.15) is 18.1 Å². The molecule has 2 aromatic heterocycles. The second-order valence-electron chi connectivity index (χ2n) is 8.34. The number of nitrogens with one attached hydrogen (secondary N) is 1. The molecular weight excluding hydrogens is 446 g/mol. The topological polar surface area (TPSA) is 117 Å². The number of benzene rings is 1. The molecule has 3 N–H and O–H groups in total. The molecule has 1 amide bonds. The highest BCUT2D eigenvalue weighted by Gasteiger charge is 2.22. The van der Waals surface area contributed by atoms with Crippen molar-refractivity contribution in [1.29, 1.82) is 0 Å². The quantitative estimate of drug-likeness (QED) is 0.499. The van der Waals surface area contributed by atoms with Gasteiger partial charge in [-0.2, -0.15) is 5.10 Å². The summed E-state index contributed by atoms with van der Waals surface area (Å²) >= 11 is 6.41. The highest BCUT2D eigenvalue weighted by molar-refractivity contribution is 6.33. The Morgan fingerprint density at radius 2 is 2.12 bits per heavy atom. The van der Waals surface area contributed by atoms with Crippen LogP contribution in [0.3, 0.4) is 0 Å². The third kappa shape index (κ3) is 5.66. The minimum Gasteiger partial charge on any atom is -0.491 e. The summed E-state index contributed by atoms with van der Waals surface area (Å²) in [5, 5.41) is 11.0. The number of nitrogens with zero attached hydrogens (tertiary/aromatic N) is 3. The van der Waals surface area contributed by atoms with Gasteiger partial charge in [-0.3, -0.25) is 10.00 Å². The van der Waals surface area contributed by atoms with Crippen LogP contribution < -0.4 is 20.5 Å². The molecule has 1 aliphatic carbocycles. The lowest BCUT2D eigenvalue weighted by atomic mass is 9.84. The fourth-order valence-electron chi connectivity index (χ4n) is 4.15. The third-order valence-corrected chi connectivity index (χ3v) is 6.14. The Kier molecular flexibility index (Phi) is 7.20. The summed E-state index contributed by atoms with van der Waals surface area (Å²) in [7, 11) is 1.79. The Balaban J connectivity index is 1.52. The van der Waals surface area contributed by atoms with Crippen LogP contribution in [0.1, 0.15) is 37.9 Å². The van der Waals surface area contributed by atoms with Crippen molar-refractivity contribution >= 4 is 23.4 Å². The number of aromatic nitrogens is 3. The summed E-state index contributed by atoms with van der Waals surface area (Å²) in [5.74, 6) is 1.70. The van der Waals surface area contributed by atoms with Gasteiger partial charge >= 0.3 is 6.09 Å². The van der Waals surface area contributed by atoms with Crippen molar-refractivity contribution in [3.63, 3.8) is 0 Å². The standard InChI is InChI=1S/C23H28ClN5O4/c1-14-10-21(28-33-14)32-23(30)27-16-8-9-20(17(11-16)22-18(24)12-26-29(22)2)31-13-19(25)15-6-4-3-5-7-15/h8-12,15,19H,3-7,13,25H2,1-2H3,(H,27,30)/t19-/m1/s1. The molecule has 3 aromatic rings. The molecule has 1 aliphatic rings. The maximum Gasteiger partial charge on any atom is 0.418 e. The van der Waals surface area contributed by atoms with Gasteiger partial charge in [-0.25, -0.2) is 4.79 Å². The Morgan fingerprint density at radius 1 is 1.33 bits per heavy atom. The number of aryl methyl sites for hydroxylation is 2. The Labute approximate surface area is 197 Å². The van der Waals surface area contributed by atoms with Crippen LogP contribution in [0.25, 0.3) is 11.3 Å². The Bertz CT molecular complexity index is 1090. The lowest BCUT2D eigenvalue weighted by Gasteiger charge is -2.27. The van der Waals surface area contributed by atoms with Crippen LogP contribution >= 0.6 is 11.6 Å². The molecule has 1 fully saturated rings. The summed E-state index contributed by atoms with van der Waals surface area (Å²) in [5.41, 5.74) is 8.29. The van der Waals surface area contributed by atoms with Gasteiger partial charge in [0.2, 0.25) is 0 Å². The minimum atomic E-state index is -0.696. The average molecular weight is 474 g/mol. The lowest BCUT2D eigenvalue weighted by Crippen LogP contribution is -2.37. The molecule has 33 heavy (non-hydrogen) atoms. The first-order chi connectivity index (χ1) is 15.9. The second-order valence-corrected chi connectivity index (χ2v) is 8.75. The van der Waals surface area contributed by atoms with Crippen LogP contribution in [0, 0.1) is 12.8 Å². The van der Waals surface area contributed by atoms with Crippen molar-refractivity contribution in [1.82, 2.24) is 14.9 Å². The summed E-state index contributed by atoms with van der Waals surface area (Å²) in [6, 6.07) is 6.75. The summed E-state index contributed by atoms with van der Waals surface area (Å²) < 4.78 is 17.9. The zero-order chi connectivity index (χ0) is 23.4. The molecule has 0 bridgehead atoms. The fraction of sp³-hybridized carbons (Fsp3) is 0.435. The van der Waals surface area contributed by atoms with E-state index in [0.717, 1.165) is 12.8 Å². The summed E-state index contributed by atoms with van der Waals surface area (Å²) in [6.07, 6.45) is 6.87. The smallest absolute Gasteiger partial charge is 0.418 e. The van der Waals surface area contributed by atoms with Gasteiger partial charge in [0.05, 0.1) is 16.9 Å². The highest BCUT2D eigenvalue weighted by Crippen LogP contribution is 2.37. The Morgan fingerprint density at radius 3 is 2.79 bits per heavy atom. The first kappa shape index (κ1) is 23.1. The second kappa shape index (κ2) is 10.3. The van der Waals surface area contributed by atoms with Crippen molar-refractivity contribution in [3.05, 3.63) is 41.2 Å². The van der Waals surface area contributed by atoms with E-state index in [2.05, 4.69) is 15.6 Å². The number of halogens is 1. The van der Waals surface area contributed by atoms with Gasteiger partial charge in [-0.1, -0.05) is 30.9 Å². The predicted molar refractivity (Wildman–Crippen MR) is 125 cm³/mol. The van der Waals surface area contributed by atoms with E-state index in [1.165, 1.54) is 25.3 Å². The number of nitrogens with two attached hydrogens (primary N) is 1. The maximum atomic E-state index is 12.3. The van der Waals surface area contributed by atoms with E-state index in [1.807, 2.05) is 0 Å². The number of carbonyl (C=O) groups excluding carboxylic acids is 1. The zero-order valence-corrected chi connectivity index (χ0v) is 19.5. The first-order valence-corrected chi connectivity index (χ1v) is 11.4. The summed E-state index contributed by atoms with van der Waals surface area (Å²) in [4.78, 5) is 12.3. The van der Waals surface area contributed by atoms with E-state index in [1.54, 1.807) is 43.0 Å². The molecule has 10 heteroatoms. The molecule has 1 aromatic carbocycles. The molecule has 2 heterocycles. The number of hydrogen-bond acceptors (Lipinski definition) is 7. The lowest BCUT2D eigenvalue weighted by molar-refractivity contribution is 0.210. The molecule has 0 saturated heterocycles. The molecule has 9 nitrogen and oxygen atoms in total. The van der Waals surface area contributed by atoms with Crippen molar-refractivity contribution < 1.29 is 18.8 Å². The van der Waals surface area contributed by atoms with Gasteiger partial charge in [0.25, 0.3) is 5.88 Å². The van der Waals surface area contributed by atoms with Gasteiger partial charge in [-0.15, -0.1) is 0 Å². The van der Waals surface area contributed by atoms with E-state index in [4.69, 9.17) is 31.3 Å². The molecule has 0 unspecified atom stereocenters.